The number of aliphatic carboxylic acids is 1. The number of hydrogen-bond donors (Lipinski definition) is 1. The molecule has 1 saturated heterocycles. The van der Waals surface area contributed by atoms with E-state index in [0.717, 1.165) is 11.8 Å². The second-order valence-electron chi connectivity index (χ2n) is 4.74. The lowest BCUT2D eigenvalue weighted by Crippen LogP contribution is -2.35. The number of rotatable bonds is 4. The fourth-order valence-corrected chi connectivity index (χ4v) is 3.56. The highest BCUT2D eigenvalue weighted by Crippen LogP contribution is 2.34. The average Bonchev–Trinajstić information content (AvgIpc) is 2.71. The van der Waals surface area contributed by atoms with Crippen molar-refractivity contribution in [3.63, 3.8) is 0 Å². The first-order chi connectivity index (χ1) is 9.90. The molecule has 0 saturated carbocycles. The van der Waals surface area contributed by atoms with Crippen molar-refractivity contribution < 1.29 is 19.5 Å². The Morgan fingerprint density at radius 3 is 2.67 bits per heavy atom. The number of carbonyl (C=O) groups is 3. The van der Waals surface area contributed by atoms with Gasteiger partial charge >= 0.3 is 5.97 Å². The maximum atomic E-state index is 12.1. The van der Waals surface area contributed by atoms with E-state index in [1.165, 1.54) is 11.8 Å². The minimum Gasteiger partial charge on any atom is -0.479 e. The van der Waals surface area contributed by atoms with Gasteiger partial charge in [0.15, 0.2) is 11.2 Å². The summed E-state index contributed by atoms with van der Waals surface area (Å²) in [5, 5.41) is 9.48. The molecule has 112 valence electrons. The maximum absolute atomic E-state index is 12.1. The van der Waals surface area contributed by atoms with E-state index in [1.807, 2.05) is 0 Å². The Balaban J connectivity index is 2.28. The predicted octanol–water partition coefficient (Wildman–Crippen LogP) is 2.35. The molecule has 1 heterocycles. The smallest absolute Gasteiger partial charge is 0.331 e. The van der Waals surface area contributed by atoms with Gasteiger partial charge in [0, 0.05) is 35.7 Å². The molecule has 21 heavy (non-hydrogen) atoms. The average molecular weight is 328 g/mol. The fraction of sp³-hybridized carbons (Fsp3) is 0.357. The zero-order chi connectivity index (χ0) is 15.6. The van der Waals surface area contributed by atoms with Gasteiger partial charge in [0.2, 0.25) is 5.91 Å². The summed E-state index contributed by atoms with van der Waals surface area (Å²) in [6.07, 6.45) is 0.165. The van der Waals surface area contributed by atoms with Crippen LogP contribution in [-0.4, -0.2) is 38.8 Å². The van der Waals surface area contributed by atoms with Crippen LogP contribution in [0.1, 0.15) is 24.9 Å². The van der Waals surface area contributed by atoms with Crippen molar-refractivity contribution in [2.75, 3.05) is 6.54 Å². The van der Waals surface area contributed by atoms with Crippen LogP contribution in [0.5, 0.6) is 0 Å². The van der Waals surface area contributed by atoms with Gasteiger partial charge in [-0.15, -0.1) is 0 Å². The van der Waals surface area contributed by atoms with E-state index in [4.69, 9.17) is 11.6 Å². The first-order valence-electron chi connectivity index (χ1n) is 6.34. The standard InChI is InChI=1S/C14H14ClNO4S/c1-8(17)21-9-6-12(18)16(7-9)13(14(19)20)10-4-2-3-5-11(10)15/h2-5,9,13H,6-7H2,1H3,(H,19,20)/t9?,13-/m1/s1. The summed E-state index contributed by atoms with van der Waals surface area (Å²) in [6, 6.07) is 5.45. The van der Waals surface area contributed by atoms with Crippen molar-refractivity contribution in [1.82, 2.24) is 4.90 Å². The Kier molecular flexibility index (Phi) is 4.90. The zero-order valence-electron chi connectivity index (χ0n) is 11.3. The third kappa shape index (κ3) is 3.57. The third-order valence-electron chi connectivity index (χ3n) is 3.20. The summed E-state index contributed by atoms with van der Waals surface area (Å²) in [4.78, 5) is 36.1. The summed E-state index contributed by atoms with van der Waals surface area (Å²) in [7, 11) is 0. The van der Waals surface area contributed by atoms with Crippen LogP contribution in [-0.2, 0) is 14.4 Å². The lowest BCUT2D eigenvalue weighted by molar-refractivity contribution is -0.148. The van der Waals surface area contributed by atoms with Crippen molar-refractivity contribution in [3.8, 4) is 0 Å². The molecule has 0 bridgehead atoms. The molecule has 0 aliphatic carbocycles. The molecule has 1 fully saturated rings. The van der Waals surface area contributed by atoms with Crippen molar-refractivity contribution in [2.45, 2.75) is 24.6 Å². The Morgan fingerprint density at radius 1 is 1.43 bits per heavy atom. The topological polar surface area (TPSA) is 74.7 Å². The van der Waals surface area contributed by atoms with E-state index >= 15 is 0 Å². The molecule has 1 aliphatic rings. The van der Waals surface area contributed by atoms with Crippen LogP contribution in [0.2, 0.25) is 5.02 Å². The van der Waals surface area contributed by atoms with E-state index in [1.54, 1.807) is 24.3 Å². The van der Waals surface area contributed by atoms with Crippen molar-refractivity contribution >= 4 is 40.4 Å². The number of benzene rings is 1. The number of carbonyl (C=O) groups excluding carboxylic acids is 2. The van der Waals surface area contributed by atoms with Gasteiger partial charge < -0.3 is 10.0 Å². The minimum atomic E-state index is -1.13. The SMILES string of the molecule is CC(=O)SC1CC(=O)N([C@@H](C(=O)O)c2ccccc2Cl)C1. The van der Waals surface area contributed by atoms with Gasteiger partial charge in [-0.05, 0) is 6.07 Å². The quantitative estimate of drug-likeness (QED) is 0.918. The Hall–Kier alpha value is -1.53. The fourth-order valence-electron chi connectivity index (χ4n) is 2.39. The van der Waals surface area contributed by atoms with Crippen LogP contribution in [0.25, 0.3) is 0 Å². The molecule has 0 radical (unpaired) electrons. The molecule has 2 rings (SSSR count). The molecule has 1 unspecified atom stereocenters. The molecule has 1 N–H and O–H groups in total. The maximum Gasteiger partial charge on any atom is 0.331 e. The van der Waals surface area contributed by atoms with Gasteiger partial charge in [-0.3, -0.25) is 9.59 Å². The van der Waals surface area contributed by atoms with Gasteiger partial charge in [-0.2, -0.15) is 0 Å². The Labute approximate surface area is 131 Å². The summed E-state index contributed by atoms with van der Waals surface area (Å²) < 4.78 is 0. The van der Waals surface area contributed by atoms with Crippen molar-refractivity contribution in [1.29, 1.82) is 0 Å². The van der Waals surface area contributed by atoms with E-state index in [0.29, 0.717) is 10.6 Å². The van der Waals surface area contributed by atoms with Crippen molar-refractivity contribution in [2.24, 2.45) is 0 Å². The van der Waals surface area contributed by atoms with Gasteiger partial charge in [-0.1, -0.05) is 41.6 Å². The number of amides is 1. The Bertz CT molecular complexity index is 592. The van der Waals surface area contributed by atoms with Crippen LogP contribution < -0.4 is 0 Å². The molecule has 0 spiro atoms. The molecule has 1 aromatic rings. The van der Waals surface area contributed by atoms with Gasteiger partial charge in [-0.25, -0.2) is 4.79 Å². The second-order valence-corrected chi connectivity index (χ2v) is 6.63. The summed E-state index contributed by atoms with van der Waals surface area (Å²) in [6.45, 7) is 1.66. The van der Waals surface area contributed by atoms with Crippen LogP contribution in [0.3, 0.4) is 0 Å². The number of nitrogens with zero attached hydrogens (tertiary/aromatic N) is 1. The number of halogens is 1. The number of thioether (sulfide) groups is 1. The monoisotopic (exact) mass is 327 g/mol. The number of carboxylic acids is 1. The summed E-state index contributed by atoms with van der Waals surface area (Å²) in [5.74, 6) is -1.41. The van der Waals surface area contributed by atoms with Gasteiger partial charge in [0.1, 0.15) is 0 Å². The summed E-state index contributed by atoms with van der Waals surface area (Å²) in [5.41, 5.74) is 0.383. The molecule has 1 amide bonds. The largest absolute Gasteiger partial charge is 0.479 e. The van der Waals surface area contributed by atoms with Crippen LogP contribution in [0.4, 0.5) is 0 Å². The molecule has 7 heteroatoms. The van der Waals surface area contributed by atoms with Crippen LogP contribution in [0.15, 0.2) is 24.3 Å². The molecule has 2 atom stereocenters. The zero-order valence-corrected chi connectivity index (χ0v) is 12.9. The lowest BCUT2D eigenvalue weighted by atomic mass is 10.1. The minimum absolute atomic E-state index is 0.0840. The molecule has 1 aromatic carbocycles. The van der Waals surface area contributed by atoms with E-state index in [-0.39, 0.29) is 29.2 Å². The molecule has 1 aliphatic heterocycles. The normalized spacial score (nSPS) is 19.6. The van der Waals surface area contributed by atoms with E-state index in [9.17, 15) is 19.5 Å². The van der Waals surface area contributed by atoms with Crippen molar-refractivity contribution in [3.05, 3.63) is 34.9 Å². The first-order valence-corrected chi connectivity index (χ1v) is 7.60. The van der Waals surface area contributed by atoms with E-state index < -0.39 is 12.0 Å². The predicted molar refractivity (Wildman–Crippen MR) is 80.2 cm³/mol. The third-order valence-corrected chi connectivity index (χ3v) is 4.53. The van der Waals surface area contributed by atoms with Crippen LogP contribution in [0, 0.1) is 0 Å². The first kappa shape index (κ1) is 15.9. The highest BCUT2D eigenvalue weighted by atomic mass is 35.5. The summed E-state index contributed by atoms with van der Waals surface area (Å²) >= 11 is 7.12. The number of carboxylic acid groups (broad SMARTS) is 1. The molecule has 0 aromatic heterocycles. The second kappa shape index (κ2) is 6.49. The van der Waals surface area contributed by atoms with E-state index in [2.05, 4.69) is 0 Å². The highest BCUT2D eigenvalue weighted by Gasteiger charge is 2.39. The molecular weight excluding hydrogens is 314 g/mol. The van der Waals surface area contributed by atoms with Crippen LogP contribution >= 0.6 is 23.4 Å². The number of likely N-dealkylation sites (tertiary alicyclic amines) is 1. The lowest BCUT2D eigenvalue weighted by Gasteiger charge is -2.25. The van der Waals surface area contributed by atoms with Gasteiger partial charge in [0.05, 0.1) is 0 Å². The highest BCUT2D eigenvalue weighted by molar-refractivity contribution is 8.14. The molecule has 5 nitrogen and oxygen atoms in total. The van der Waals surface area contributed by atoms with Gasteiger partial charge in [0.25, 0.3) is 0 Å². The molecular formula is C14H14ClNO4S. The Morgan fingerprint density at radius 2 is 2.10 bits per heavy atom. The number of hydrogen-bond acceptors (Lipinski definition) is 4.